The van der Waals surface area contributed by atoms with Crippen molar-refractivity contribution in [3.8, 4) is 22.3 Å². The van der Waals surface area contributed by atoms with Crippen LogP contribution in [0.1, 0.15) is 21.7 Å². The average Bonchev–Trinajstić information content (AvgIpc) is 3.17. The minimum Gasteiger partial charge on any atom is -0.460 e. The highest BCUT2D eigenvalue weighted by Crippen LogP contribution is 2.41. The zero-order valence-corrected chi connectivity index (χ0v) is 16.4. The number of para-hydroxylation sites is 1. The van der Waals surface area contributed by atoms with Crippen molar-refractivity contribution in [1.82, 2.24) is 0 Å². The van der Waals surface area contributed by atoms with Gasteiger partial charge in [0, 0.05) is 22.9 Å². The van der Waals surface area contributed by atoms with Crippen LogP contribution in [0.25, 0.3) is 33.2 Å². The maximum Gasteiger partial charge on any atom is 0.150 e. The van der Waals surface area contributed by atoms with Crippen LogP contribution in [-0.4, -0.2) is 6.29 Å². The normalized spacial score (nSPS) is 10.9. The molecule has 30 heavy (non-hydrogen) atoms. The molecule has 0 aliphatic carbocycles. The Labute approximate surface area is 175 Å². The number of carbonyl (C=O) groups is 1. The van der Waals surface area contributed by atoms with Gasteiger partial charge in [-0.05, 0) is 34.4 Å². The van der Waals surface area contributed by atoms with Gasteiger partial charge in [0.05, 0.1) is 0 Å². The Bertz CT molecular complexity index is 1320. The lowest BCUT2D eigenvalue weighted by atomic mass is 9.90. The molecule has 1 aromatic heterocycles. The molecule has 5 aromatic rings. The van der Waals surface area contributed by atoms with Gasteiger partial charge >= 0.3 is 0 Å². The predicted molar refractivity (Wildman–Crippen MR) is 122 cm³/mol. The summed E-state index contributed by atoms with van der Waals surface area (Å²) in [5.74, 6) is 0.905. The summed E-state index contributed by atoms with van der Waals surface area (Å²) in [6.45, 7) is 0. The Morgan fingerprint density at radius 3 is 2.17 bits per heavy atom. The van der Waals surface area contributed by atoms with Crippen molar-refractivity contribution in [3.63, 3.8) is 0 Å². The molecule has 0 fully saturated rings. The third-order valence-electron chi connectivity index (χ3n) is 5.41. The van der Waals surface area contributed by atoms with E-state index >= 15 is 0 Å². The summed E-state index contributed by atoms with van der Waals surface area (Å²) < 4.78 is 6.33. The highest BCUT2D eigenvalue weighted by atomic mass is 16.3. The van der Waals surface area contributed by atoms with Gasteiger partial charge in [-0.25, -0.2) is 0 Å². The van der Waals surface area contributed by atoms with Gasteiger partial charge in [0.2, 0.25) is 0 Å². The second-order valence-electron chi connectivity index (χ2n) is 7.35. The van der Waals surface area contributed by atoms with Crippen LogP contribution in [0.3, 0.4) is 0 Å². The van der Waals surface area contributed by atoms with E-state index in [9.17, 15) is 4.79 Å². The van der Waals surface area contributed by atoms with Crippen molar-refractivity contribution >= 4 is 17.3 Å². The average molecular weight is 388 g/mol. The Hall–Kier alpha value is -3.91. The summed E-state index contributed by atoms with van der Waals surface area (Å²) in [5, 5.41) is 1.06. The molecule has 0 atom stereocenters. The van der Waals surface area contributed by atoms with Crippen LogP contribution in [0.4, 0.5) is 0 Å². The number of carbonyl (C=O) groups excluding carboxylic acids is 1. The van der Waals surface area contributed by atoms with E-state index in [1.165, 1.54) is 5.56 Å². The molecule has 144 valence electrons. The van der Waals surface area contributed by atoms with Gasteiger partial charge in [0.1, 0.15) is 17.6 Å². The van der Waals surface area contributed by atoms with Crippen molar-refractivity contribution in [1.29, 1.82) is 0 Å². The number of hydrogen-bond acceptors (Lipinski definition) is 2. The Balaban J connectivity index is 1.79. The highest BCUT2D eigenvalue weighted by Gasteiger charge is 2.20. The zero-order valence-electron chi connectivity index (χ0n) is 16.4. The molecular weight excluding hydrogens is 368 g/mol. The predicted octanol–water partition coefficient (Wildman–Crippen LogP) is 7.17. The Morgan fingerprint density at radius 1 is 0.700 bits per heavy atom. The SMILES string of the molecule is O=Cc1ccc(-c2ccccc2)c(-c2c(Cc3ccccc3)oc3ccccc23)c1. The fourth-order valence-electron chi connectivity index (χ4n) is 4.01. The number of fused-ring (bicyclic) bond motifs is 1. The maximum atomic E-state index is 11.6. The quantitative estimate of drug-likeness (QED) is 0.299. The number of furan rings is 1. The molecule has 0 aliphatic rings. The molecule has 2 nitrogen and oxygen atoms in total. The van der Waals surface area contributed by atoms with Gasteiger partial charge in [-0.15, -0.1) is 0 Å². The van der Waals surface area contributed by atoms with Crippen molar-refractivity contribution in [2.75, 3.05) is 0 Å². The minimum absolute atomic E-state index is 0.653. The van der Waals surface area contributed by atoms with Gasteiger partial charge < -0.3 is 4.42 Å². The van der Waals surface area contributed by atoms with E-state index in [1.807, 2.05) is 72.8 Å². The monoisotopic (exact) mass is 388 g/mol. The van der Waals surface area contributed by atoms with Gasteiger partial charge in [-0.3, -0.25) is 4.79 Å². The lowest BCUT2D eigenvalue weighted by Crippen LogP contribution is -1.93. The first kappa shape index (κ1) is 18.1. The molecule has 0 radical (unpaired) electrons. The number of hydrogen-bond donors (Lipinski definition) is 0. The molecule has 0 unspecified atom stereocenters. The van der Waals surface area contributed by atoms with Crippen molar-refractivity contribution in [3.05, 3.63) is 120 Å². The van der Waals surface area contributed by atoms with Crippen LogP contribution in [0.15, 0.2) is 108 Å². The van der Waals surface area contributed by atoms with Gasteiger partial charge in [0.25, 0.3) is 0 Å². The summed E-state index contributed by atoms with van der Waals surface area (Å²) >= 11 is 0. The molecule has 0 aliphatic heterocycles. The highest BCUT2D eigenvalue weighted by molar-refractivity contribution is 6.01. The summed E-state index contributed by atoms with van der Waals surface area (Å²) in [7, 11) is 0. The third kappa shape index (κ3) is 3.33. The molecule has 2 heteroatoms. The first-order valence-corrected chi connectivity index (χ1v) is 10.0. The molecule has 0 spiro atoms. The lowest BCUT2D eigenvalue weighted by molar-refractivity contribution is 0.112. The molecule has 4 aromatic carbocycles. The zero-order chi connectivity index (χ0) is 20.3. The van der Waals surface area contributed by atoms with Crippen LogP contribution in [0.2, 0.25) is 0 Å². The van der Waals surface area contributed by atoms with Gasteiger partial charge in [-0.2, -0.15) is 0 Å². The number of rotatable bonds is 5. The van der Waals surface area contributed by atoms with Crippen molar-refractivity contribution in [2.45, 2.75) is 6.42 Å². The molecule has 0 bridgehead atoms. The molecule has 5 rings (SSSR count). The van der Waals surface area contributed by atoms with E-state index in [0.717, 1.165) is 45.3 Å². The van der Waals surface area contributed by atoms with E-state index in [2.05, 4.69) is 30.3 Å². The molecule has 1 heterocycles. The molecule has 0 saturated carbocycles. The summed E-state index contributed by atoms with van der Waals surface area (Å²) in [5.41, 5.74) is 6.96. The van der Waals surface area contributed by atoms with E-state index < -0.39 is 0 Å². The Kier molecular flexibility index (Phi) is 4.74. The molecular formula is C28H20O2. The van der Waals surface area contributed by atoms with E-state index in [4.69, 9.17) is 4.42 Å². The number of aldehydes is 1. The first-order valence-electron chi connectivity index (χ1n) is 10.0. The smallest absolute Gasteiger partial charge is 0.150 e. The van der Waals surface area contributed by atoms with Crippen LogP contribution < -0.4 is 0 Å². The van der Waals surface area contributed by atoms with Crippen LogP contribution >= 0.6 is 0 Å². The van der Waals surface area contributed by atoms with Crippen LogP contribution in [0.5, 0.6) is 0 Å². The molecule has 0 saturated heterocycles. The van der Waals surface area contributed by atoms with E-state index in [1.54, 1.807) is 0 Å². The topological polar surface area (TPSA) is 30.2 Å². The molecule has 0 N–H and O–H groups in total. The fraction of sp³-hybridized carbons (Fsp3) is 0.0357. The summed E-state index contributed by atoms with van der Waals surface area (Å²) in [6.07, 6.45) is 1.59. The number of benzene rings is 4. The largest absolute Gasteiger partial charge is 0.460 e. The van der Waals surface area contributed by atoms with Gasteiger partial charge in [0.15, 0.2) is 0 Å². The first-order chi connectivity index (χ1) is 14.8. The standard InChI is InChI=1S/C28H20O2/c29-19-21-15-16-23(22-11-5-2-6-12-22)25(17-21)28-24-13-7-8-14-26(24)30-27(28)18-20-9-3-1-4-10-20/h1-17,19H,18H2. The second kappa shape index (κ2) is 7.84. The van der Waals surface area contributed by atoms with Crippen molar-refractivity contribution in [2.24, 2.45) is 0 Å². The fourth-order valence-corrected chi connectivity index (χ4v) is 4.01. The van der Waals surface area contributed by atoms with E-state index in [-0.39, 0.29) is 0 Å². The second-order valence-corrected chi connectivity index (χ2v) is 7.35. The van der Waals surface area contributed by atoms with Crippen LogP contribution in [0, 0.1) is 0 Å². The van der Waals surface area contributed by atoms with Gasteiger partial charge in [-0.1, -0.05) is 91.0 Å². The summed E-state index contributed by atoms with van der Waals surface area (Å²) in [4.78, 5) is 11.6. The summed E-state index contributed by atoms with van der Waals surface area (Å²) in [6, 6.07) is 34.6. The van der Waals surface area contributed by atoms with E-state index in [0.29, 0.717) is 12.0 Å². The van der Waals surface area contributed by atoms with Crippen LogP contribution in [-0.2, 0) is 6.42 Å². The maximum absolute atomic E-state index is 11.6. The third-order valence-corrected chi connectivity index (χ3v) is 5.41. The lowest BCUT2D eigenvalue weighted by Gasteiger charge is -2.12. The Morgan fingerprint density at radius 2 is 1.40 bits per heavy atom. The van der Waals surface area contributed by atoms with Crippen molar-refractivity contribution < 1.29 is 9.21 Å². The minimum atomic E-state index is 0.653. The molecule has 0 amide bonds.